The first-order chi connectivity index (χ1) is 10.1. The summed E-state index contributed by atoms with van der Waals surface area (Å²) < 4.78 is 0. The highest BCUT2D eigenvalue weighted by Crippen LogP contribution is 2.21. The Hall–Kier alpha value is -1.55. The van der Waals surface area contributed by atoms with Crippen LogP contribution >= 0.6 is 0 Å². The predicted molar refractivity (Wildman–Crippen MR) is 84.0 cm³/mol. The molecule has 1 aromatic carbocycles. The summed E-state index contributed by atoms with van der Waals surface area (Å²) in [4.78, 5) is 14.4. The highest BCUT2D eigenvalue weighted by Gasteiger charge is 2.24. The lowest BCUT2D eigenvalue weighted by Gasteiger charge is -2.24. The van der Waals surface area contributed by atoms with E-state index in [9.17, 15) is 9.90 Å². The van der Waals surface area contributed by atoms with E-state index >= 15 is 0 Å². The number of nitrogens with zero attached hydrogens (tertiary/aromatic N) is 1. The van der Waals surface area contributed by atoms with Crippen molar-refractivity contribution in [3.05, 3.63) is 29.8 Å². The molecule has 1 saturated heterocycles. The van der Waals surface area contributed by atoms with Crippen molar-refractivity contribution >= 4 is 5.91 Å². The molecule has 1 fully saturated rings. The number of hydrogen-bond acceptors (Lipinski definition) is 3. The van der Waals surface area contributed by atoms with Crippen LogP contribution in [0.15, 0.2) is 24.3 Å². The first-order valence-electron chi connectivity index (χ1n) is 7.92. The molecule has 2 atom stereocenters. The molecule has 1 aliphatic heterocycles. The van der Waals surface area contributed by atoms with E-state index in [4.69, 9.17) is 5.73 Å². The molecule has 4 heteroatoms. The van der Waals surface area contributed by atoms with E-state index in [1.165, 1.54) is 12.8 Å². The molecule has 21 heavy (non-hydrogen) atoms. The van der Waals surface area contributed by atoms with E-state index in [-0.39, 0.29) is 11.7 Å². The van der Waals surface area contributed by atoms with Crippen LogP contribution in [0.5, 0.6) is 5.75 Å². The van der Waals surface area contributed by atoms with Gasteiger partial charge in [-0.1, -0.05) is 25.5 Å². The number of hydrogen-bond donors (Lipinski definition) is 2. The van der Waals surface area contributed by atoms with Crippen molar-refractivity contribution in [2.24, 2.45) is 11.7 Å². The number of carbonyl (C=O) groups is 1. The van der Waals surface area contributed by atoms with Crippen molar-refractivity contribution in [1.82, 2.24) is 4.90 Å². The average Bonchev–Trinajstić information content (AvgIpc) is 2.74. The predicted octanol–water partition coefficient (Wildman–Crippen LogP) is 2.30. The Bertz CT molecular complexity index is 458. The molecule has 0 aliphatic carbocycles. The maximum atomic E-state index is 12.5. The zero-order chi connectivity index (χ0) is 15.2. The normalized spacial score (nSPS) is 20.9. The summed E-state index contributed by atoms with van der Waals surface area (Å²) in [5.41, 5.74) is 7.06. The number of nitrogens with two attached hydrogens (primary N) is 1. The zero-order valence-corrected chi connectivity index (χ0v) is 12.8. The van der Waals surface area contributed by atoms with Crippen molar-refractivity contribution in [2.75, 3.05) is 13.1 Å². The second-order valence-corrected chi connectivity index (χ2v) is 6.01. The number of amides is 1. The van der Waals surface area contributed by atoms with Crippen molar-refractivity contribution in [2.45, 2.75) is 45.1 Å². The van der Waals surface area contributed by atoms with Crippen LogP contribution in [-0.4, -0.2) is 35.0 Å². The van der Waals surface area contributed by atoms with E-state index in [2.05, 4.69) is 6.92 Å². The van der Waals surface area contributed by atoms with Crippen LogP contribution in [0.2, 0.25) is 0 Å². The lowest BCUT2D eigenvalue weighted by Crippen LogP contribution is -2.45. The molecule has 0 aromatic heterocycles. The molecular weight excluding hydrogens is 264 g/mol. The van der Waals surface area contributed by atoms with Gasteiger partial charge in [-0.15, -0.1) is 0 Å². The Kier molecular flexibility index (Phi) is 5.62. The molecule has 1 aromatic rings. The van der Waals surface area contributed by atoms with E-state index in [1.54, 1.807) is 12.1 Å². The third kappa shape index (κ3) is 4.46. The SMILES string of the molecule is CCC1CCCN(C(=O)[C@H](N)Cc2ccc(O)cc2)CC1. The van der Waals surface area contributed by atoms with Gasteiger partial charge in [-0.3, -0.25) is 4.79 Å². The Morgan fingerprint density at radius 1 is 1.33 bits per heavy atom. The highest BCUT2D eigenvalue weighted by molar-refractivity contribution is 5.82. The standard InChI is InChI=1S/C17H26N2O2/c1-2-13-4-3-10-19(11-9-13)17(21)16(18)12-14-5-7-15(20)8-6-14/h5-8,13,16,20H,2-4,9-12,18H2,1H3/t13?,16-/m1/s1. The number of likely N-dealkylation sites (tertiary alicyclic amines) is 1. The number of phenolic OH excluding ortho intramolecular Hbond substituents is 1. The average molecular weight is 290 g/mol. The molecule has 2 rings (SSSR count). The Labute approximate surface area is 126 Å². The fourth-order valence-corrected chi connectivity index (χ4v) is 3.00. The molecular formula is C17H26N2O2. The summed E-state index contributed by atoms with van der Waals surface area (Å²) in [6, 6.07) is 6.40. The number of rotatable bonds is 4. The minimum absolute atomic E-state index is 0.0554. The van der Waals surface area contributed by atoms with E-state index in [0.29, 0.717) is 6.42 Å². The lowest BCUT2D eigenvalue weighted by atomic mass is 9.98. The third-order valence-electron chi connectivity index (χ3n) is 4.45. The molecule has 0 radical (unpaired) electrons. The molecule has 0 spiro atoms. The largest absolute Gasteiger partial charge is 0.508 e. The van der Waals surface area contributed by atoms with Crippen LogP contribution in [-0.2, 0) is 11.2 Å². The topological polar surface area (TPSA) is 66.6 Å². The lowest BCUT2D eigenvalue weighted by molar-refractivity contribution is -0.132. The number of aromatic hydroxyl groups is 1. The van der Waals surface area contributed by atoms with Gasteiger partial charge in [0.1, 0.15) is 5.75 Å². The monoisotopic (exact) mass is 290 g/mol. The Morgan fingerprint density at radius 2 is 2.05 bits per heavy atom. The van der Waals surface area contributed by atoms with Gasteiger partial charge in [-0.25, -0.2) is 0 Å². The smallest absolute Gasteiger partial charge is 0.239 e. The molecule has 0 bridgehead atoms. The first-order valence-corrected chi connectivity index (χ1v) is 7.92. The minimum atomic E-state index is -0.493. The van der Waals surface area contributed by atoms with Crippen molar-refractivity contribution in [3.63, 3.8) is 0 Å². The van der Waals surface area contributed by atoms with Crippen LogP contribution < -0.4 is 5.73 Å². The molecule has 3 N–H and O–H groups in total. The molecule has 1 aliphatic rings. The van der Waals surface area contributed by atoms with Gasteiger partial charge in [-0.2, -0.15) is 0 Å². The molecule has 1 heterocycles. The molecule has 116 valence electrons. The summed E-state index contributed by atoms with van der Waals surface area (Å²) in [5.74, 6) is 1.03. The van der Waals surface area contributed by atoms with Gasteiger partial charge in [0.15, 0.2) is 0 Å². The molecule has 0 saturated carbocycles. The van der Waals surface area contributed by atoms with Gasteiger partial charge in [-0.05, 0) is 49.3 Å². The summed E-state index contributed by atoms with van der Waals surface area (Å²) in [6.45, 7) is 3.89. The third-order valence-corrected chi connectivity index (χ3v) is 4.45. The number of phenols is 1. The van der Waals surface area contributed by atoms with Crippen LogP contribution in [0.3, 0.4) is 0 Å². The summed E-state index contributed by atoms with van der Waals surface area (Å²) >= 11 is 0. The van der Waals surface area contributed by atoms with Gasteiger partial charge in [0.05, 0.1) is 6.04 Å². The minimum Gasteiger partial charge on any atom is -0.508 e. The summed E-state index contributed by atoms with van der Waals surface area (Å²) in [5, 5.41) is 9.28. The fourth-order valence-electron chi connectivity index (χ4n) is 3.00. The molecule has 1 amide bonds. The van der Waals surface area contributed by atoms with E-state index < -0.39 is 6.04 Å². The van der Waals surface area contributed by atoms with Gasteiger partial charge in [0.25, 0.3) is 0 Å². The van der Waals surface area contributed by atoms with Crippen LogP contribution in [0.1, 0.15) is 38.2 Å². The summed E-state index contributed by atoms with van der Waals surface area (Å²) in [7, 11) is 0. The van der Waals surface area contributed by atoms with E-state index in [1.807, 2.05) is 17.0 Å². The number of carbonyl (C=O) groups excluding carboxylic acids is 1. The summed E-state index contributed by atoms with van der Waals surface area (Å²) in [6.07, 6.45) is 5.10. The van der Waals surface area contributed by atoms with Crippen molar-refractivity contribution in [1.29, 1.82) is 0 Å². The first kappa shape index (κ1) is 15.8. The van der Waals surface area contributed by atoms with Gasteiger partial charge in [0.2, 0.25) is 5.91 Å². The van der Waals surface area contributed by atoms with Gasteiger partial charge < -0.3 is 15.7 Å². The maximum absolute atomic E-state index is 12.5. The molecule has 4 nitrogen and oxygen atoms in total. The van der Waals surface area contributed by atoms with Gasteiger partial charge in [0, 0.05) is 13.1 Å². The Morgan fingerprint density at radius 3 is 2.71 bits per heavy atom. The van der Waals surface area contributed by atoms with E-state index in [0.717, 1.165) is 37.4 Å². The quantitative estimate of drug-likeness (QED) is 0.894. The van der Waals surface area contributed by atoms with Crippen molar-refractivity contribution < 1.29 is 9.90 Å². The second kappa shape index (κ2) is 7.46. The van der Waals surface area contributed by atoms with Crippen LogP contribution in [0.4, 0.5) is 0 Å². The zero-order valence-electron chi connectivity index (χ0n) is 12.8. The Balaban J connectivity index is 1.90. The van der Waals surface area contributed by atoms with Crippen LogP contribution in [0.25, 0.3) is 0 Å². The molecule has 1 unspecified atom stereocenters. The van der Waals surface area contributed by atoms with Gasteiger partial charge >= 0.3 is 0 Å². The second-order valence-electron chi connectivity index (χ2n) is 6.01. The van der Waals surface area contributed by atoms with Crippen molar-refractivity contribution in [3.8, 4) is 5.75 Å². The van der Waals surface area contributed by atoms with Crippen LogP contribution in [0, 0.1) is 5.92 Å². The maximum Gasteiger partial charge on any atom is 0.239 e. The fraction of sp³-hybridized carbons (Fsp3) is 0.588. The highest BCUT2D eigenvalue weighted by atomic mass is 16.3. The number of benzene rings is 1.